The molecule has 0 saturated heterocycles. The van der Waals surface area contributed by atoms with Crippen molar-refractivity contribution in [3.63, 3.8) is 0 Å². The molecule has 2 saturated carbocycles. The molecule has 3 nitrogen and oxygen atoms in total. The van der Waals surface area contributed by atoms with E-state index in [1.165, 1.54) is 11.1 Å². The molecule has 5 atom stereocenters. The molecule has 0 radical (unpaired) electrons. The number of aliphatic hydroxyl groups is 3. The van der Waals surface area contributed by atoms with Gasteiger partial charge in [-0.3, -0.25) is 0 Å². The lowest BCUT2D eigenvalue weighted by Gasteiger charge is -2.53. The van der Waals surface area contributed by atoms with Crippen LogP contribution in [0.1, 0.15) is 58.8 Å². The second-order valence-electron chi connectivity index (χ2n) is 8.63. The smallest absolute Gasteiger partial charge is 0.166 e. The molecule has 0 aromatic rings. The summed E-state index contributed by atoms with van der Waals surface area (Å²) in [4.78, 5) is 0. The highest BCUT2D eigenvalue weighted by atomic mass is 16.5. The fraction of sp³-hybridized carbons (Fsp3) is 0.789. The summed E-state index contributed by atoms with van der Waals surface area (Å²) in [6.45, 7) is 4.55. The summed E-state index contributed by atoms with van der Waals surface area (Å²) in [5.41, 5.74) is 2.79. The van der Waals surface area contributed by atoms with E-state index >= 15 is 0 Å². The Morgan fingerprint density at radius 3 is 2.64 bits per heavy atom. The summed E-state index contributed by atoms with van der Waals surface area (Å²) >= 11 is 0. The molecule has 0 bridgehead atoms. The fourth-order valence-corrected chi connectivity index (χ4v) is 5.91. The predicted molar refractivity (Wildman–Crippen MR) is 84.9 cm³/mol. The van der Waals surface area contributed by atoms with Crippen molar-refractivity contribution in [2.75, 3.05) is 0 Å². The normalized spacial score (nSPS) is 49.6. The van der Waals surface area contributed by atoms with Gasteiger partial charge in [0.15, 0.2) is 5.79 Å². The van der Waals surface area contributed by atoms with Gasteiger partial charge in [-0.1, -0.05) is 37.1 Å². The monoisotopic (exact) mass is 304 g/mol. The third-order valence-electron chi connectivity index (χ3n) is 7.47. The summed E-state index contributed by atoms with van der Waals surface area (Å²) in [5, 5.41) is 30.5. The molecule has 0 heterocycles. The van der Waals surface area contributed by atoms with Gasteiger partial charge in [-0.2, -0.15) is 0 Å². The molecule has 3 N–H and O–H groups in total. The average Bonchev–Trinajstić information content (AvgIpc) is 2.76. The predicted octanol–water partition coefficient (Wildman–Crippen LogP) is 2.91. The second-order valence-corrected chi connectivity index (χ2v) is 8.63. The van der Waals surface area contributed by atoms with E-state index in [4.69, 9.17) is 0 Å². The lowest BCUT2D eigenvalue weighted by Crippen LogP contribution is -2.47. The maximum atomic E-state index is 10.4. The second kappa shape index (κ2) is 4.46. The van der Waals surface area contributed by atoms with Crippen molar-refractivity contribution < 1.29 is 15.3 Å². The van der Waals surface area contributed by atoms with Gasteiger partial charge in [-0.25, -0.2) is 0 Å². The van der Waals surface area contributed by atoms with Gasteiger partial charge in [0, 0.05) is 23.7 Å². The van der Waals surface area contributed by atoms with E-state index in [0.29, 0.717) is 24.7 Å². The number of fused-ring (bicyclic) bond motifs is 5. The molecule has 0 unspecified atom stereocenters. The van der Waals surface area contributed by atoms with Crippen LogP contribution in [0.15, 0.2) is 23.3 Å². The standard InChI is InChI=1S/C19H28O3/c1-17-9-10-19(21,22)11-12(17)3-4-13-14-5-6-16(20)18(14,2)8-7-15(13)17/h3,7,13-14,16,20-22H,4-6,8-11H2,1-2H3/t13-,14-,16+,17-,18-/m0/s1. The van der Waals surface area contributed by atoms with Crippen molar-refractivity contribution in [2.45, 2.75) is 70.7 Å². The van der Waals surface area contributed by atoms with Gasteiger partial charge in [-0.05, 0) is 43.9 Å². The van der Waals surface area contributed by atoms with Crippen LogP contribution in [0.2, 0.25) is 0 Å². The Bertz CT molecular complexity index is 561. The lowest BCUT2D eigenvalue weighted by molar-refractivity contribution is -0.179. The molecule has 0 aromatic carbocycles. The Morgan fingerprint density at radius 1 is 1.09 bits per heavy atom. The number of allylic oxidation sites excluding steroid dienone is 3. The van der Waals surface area contributed by atoms with Gasteiger partial charge in [0.05, 0.1) is 6.10 Å². The minimum atomic E-state index is -1.52. The van der Waals surface area contributed by atoms with E-state index < -0.39 is 5.79 Å². The maximum absolute atomic E-state index is 10.4. The molecule has 22 heavy (non-hydrogen) atoms. The molecule has 2 fully saturated rings. The maximum Gasteiger partial charge on any atom is 0.166 e. The van der Waals surface area contributed by atoms with Crippen molar-refractivity contribution in [2.24, 2.45) is 22.7 Å². The summed E-state index contributed by atoms with van der Waals surface area (Å²) in [6, 6.07) is 0. The zero-order chi connectivity index (χ0) is 15.8. The van der Waals surface area contributed by atoms with Crippen LogP contribution < -0.4 is 0 Å². The van der Waals surface area contributed by atoms with Gasteiger partial charge in [0.1, 0.15) is 0 Å². The first-order valence-electron chi connectivity index (χ1n) is 8.79. The van der Waals surface area contributed by atoms with Gasteiger partial charge in [0.2, 0.25) is 0 Å². The SMILES string of the molecule is C[C@]12CCC(O)(O)CC1=CC[C@@H]1C2=CC[C@]2(C)[C@H](O)CC[C@@H]12. The molecular weight excluding hydrogens is 276 g/mol. The van der Waals surface area contributed by atoms with Crippen molar-refractivity contribution >= 4 is 0 Å². The third-order valence-corrected chi connectivity index (χ3v) is 7.47. The summed E-state index contributed by atoms with van der Waals surface area (Å²) in [5.74, 6) is -0.410. The van der Waals surface area contributed by atoms with E-state index in [1.807, 2.05) is 0 Å². The van der Waals surface area contributed by atoms with Gasteiger partial charge in [-0.15, -0.1) is 0 Å². The lowest BCUT2D eigenvalue weighted by atomic mass is 9.52. The minimum absolute atomic E-state index is 0.00670. The number of hydrogen-bond donors (Lipinski definition) is 3. The van der Waals surface area contributed by atoms with Crippen molar-refractivity contribution in [1.29, 1.82) is 0 Å². The van der Waals surface area contributed by atoms with Crippen molar-refractivity contribution in [3.8, 4) is 0 Å². The molecule has 4 aliphatic rings. The van der Waals surface area contributed by atoms with Crippen molar-refractivity contribution in [3.05, 3.63) is 23.3 Å². The molecule has 3 heteroatoms. The van der Waals surface area contributed by atoms with Gasteiger partial charge >= 0.3 is 0 Å². The number of hydrogen-bond acceptors (Lipinski definition) is 3. The van der Waals surface area contributed by atoms with E-state index in [2.05, 4.69) is 26.0 Å². The Morgan fingerprint density at radius 2 is 1.86 bits per heavy atom. The molecule has 122 valence electrons. The first-order chi connectivity index (χ1) is 10.3. The summed E-state index contributed by atoms with van der Waals surface area (Å²) in [7, 11) is 0. The Hall–Kier alpha value is -0.640. The van der Waals surface area contributed by atoms with Crippen LogP contribution in [0.25, 0.3) is 0 Å². The van der Waals surface area contributed by atoms with E-state index in [-0.39, 0.29) is 16.9 Å². The third kappa shape index (κ3) is 1.85. The first kappa shape index (κ1) is 14.9. The van der Waals surface area contributed by atoms with Crippen LogP contribution in [-0.2, 0) is 0 Å². The largest absolute Gasteiger partial charge is 0.393 e. The molecule has 4 rings (SSSR count). The van der Waals surface area contributed by atoms with E-state index in [1.54, 1.807) is 0 Å². The molecule has 0 amide bonds. The molecule has 0 aliphatic heterocycles. The van der Waals surface area contributed by atoms with E-state index in [0.717, 1.165) is 32.1 Å². The van der Waals surface area contributed by atoms with Crippen LogP contribution in [0, 0.1) is 22.7 Å². The van der Waals surface area contributed by atoms with Crippen molar-refractivity contribution in [1.82, 2.24) is 0 Å². The average molecular weight is 304 g/mol. The highest BCUT2D eigenvalue weighted by Gasteiger charge is 2.56. The Labute approximate surface area is 132 Å². The quantitative estimate of drug-likeness (QED) is 0.476. The van der Waals surface area contributed by atoms with Gasteiger partial charge in [0.25, 0.3) is 0 Å². The zero-order valence-corrected chi connectivity index (χ0v) is 13.7. The highest BCUT2D eigenvalue weighted by Crippen LogP contribution is 2.63. The minimum Gasteiger partial charge on any atom is -0.393 e. The van der Waals surface area contributed by atoms with E-state index in [9.17, 15) is 15.3 Å². The number of rotatable bonds is 0. The Balaban J connectivity index is 1.73. The topological polar surface area (TPSA) is 60.7 Å². The fourth-order valence-electron chi connectivity index (χ4n) is 5.91. The van der Waals surface area contributed by atoms with Gasteiger partial charge < -0.3 is 15.3 Å². The molecule has 4 aliphatic carbocycles. The highest BCUT2D eigenvalue weighted by molar-refractivity contribution is 5.39. The first-order valence-corrected chi connectivity index (χ1v) is 8.79. The molecule has 0 aromatic heterocycles. The molecular formula is C19H28O3. The molecule has 0 spiro atoms. The van der Waals surface area contributed by atoms with Crippen LogP contribution in [-0.4, -0.2) is 27.2 Å². The Kier molecular flexibility index (Phi) is 3.03. The van der Waals surface area contributed by atoms with Crippen LogP contribution in [0.4, 0.5) is 0 Å². The van der Waals surface area contributed by atoms with Crippen LogP contribution in [0.3, 0.4) is 0 Å². The summed E-state index contributed by atoms with van der Waals surface area (Å²) < 4.78 is 0. The van der Waals surface area contributed by atoms with Crippen LogP contribution in [0.5, 0.6) is 0 Å². The zero-order valence-electron chi connectivity index (χ0n) is 13.7. The number of aliphatic hydroxyl groups excluding tert-OH is 1. The van der Waals surface area contributed by atoms with Crippen LogP contribution >= 0.6 is 0 Å². The summed E-state index contributed by atoms with van der Waals surface area (Å²) in [6.07, 6.45) is 10.2.